The Labute approximate surface area is 74.3 Å². The van der Waals surface area contributed by atoms with Crippen LogP contribution >= 0.6 is 0 Å². The SMILES string of the molecule is CC#CCC(=O)C(C)(C)OCC. The predicted molar refractivity (Wildman–Crippen MR) is 48.8 cm³/mol. The van der Waals surface area contributed by atoms with Crippen molar-refractivity contribution in [1.82, 2.24) is 0 Å². The molecule has 0 fully saturated rings. The van der Waals surface area contributed by atoms with E-state index in [2.05, 4.69) is 11.8 Å². The van der Waals surface area contributed by atoms with Gasteiger partial charge in [-0.25, -0.2) is 0 Å². The fourth-order valence-corrected chi connectivity index (χ4v) is 0.823. The van der Waals surface area contributed by atoms with Gasteiger partial charge in [0.05, 0.1) is 6.42 Å². The molecule has 0 heterocycles. The van der Waals surface area contributed by atoms with Gasteiger partial charge in [-0.3, -0.25) is 4.79 Å². The second kappa shape index (κ2) is 4.95. The first-order valence-corrected chi connectivity index (χ1v) is 4.11. The molecule has 2 heteroatoms. The average molecular weight is 168 g/mol. The number of Topliss-reactive ketones (excluding diaryl/α,β-unsaturated/α-hetero) is 1. The third kappa shape index (κ3) is 3.54. The average Bonchev–Trinajstić information content (AvgIpc) is 2.00. The maximum absolute atomic E-state index is 11.4. The number of carbonyl (C=O) groups excluding carboxylic acids is 1. The van der Waals surface area contributed by atoms with Gasteiger partial charge >= 0.3 is 0 Å². The minimum atomic E-state index is -0.682. The molecule has 0 aromatic rings. The molecule has 0 unspecified atom stereocenters. The lowest BCUT2D eigenvalue weighted by atomic mass is 10.0. The molecular weight excluding hydrogens is 152 g/mol. The van der Waals surface area contributed by atoms with Gasteiger partial charge in [-0.05, 0) is 27.7 Å². The van der Waals surface area contributed by atoms with Gasteiger partial charge in [-0.15, -0.1) is 5.92 Å². The van der Waals surface area contributed by atoms with Crippen molar-refractivity contribution in [2.24, 2.45) is 0 Å². The van der Waals surface area contributed by atoms with E-state index in [-0.39, 0.29) is 12.2 Å². The van der Waals surface area contributed by atoms with Crippen LogP contribution in [0, 0.1) is 11.8 Å². The Kier molecular flexibility index (Phi) is 4.61. The first-order valence-electron chi connectivity index (χ1n) is 4.11. The molecule has 0 bridgehead atoms. The molecule has 0 aromatic carbocycles. The second-order valence-electron chi connectivity index (χ2n) is 2.97. The van der Waals surface area contributed by atoms with Crippen LogP contribution in [-0.2, 0) is 9.53 Å². The molecule has 0 saturated heterocycles. The van der Waals surface area contributed by atoms with Crippen LogP contribution in [0.5, 0.6) is 0 Å². The molecule has 68 valence electrons. The molecule has 0 saturated carbocycles. The van der Waals surface area contributed by atoms with Crippen molar-refractivity contribution in [1.29, 1.82) is 0 Å². The normalized spacial score (nSPS) is 10.3. The van der Waals surface area contributed by atoms with Gasteiger partial charge in [0.2, 0.25) is 0 Å². The lowest BCUT2D eigenvalue weighted by Gasteiger charge is -2.21. The lowest BCUT2D eigenvalue weighted by Crippen LogP contribution is -2.34. The minimum Gasteiger partial charge on any atom is -0.368 e. The minimum absolute atomic E-state index is 0.0405. The van der Waals surface area contributed by atoms with Crippen LogP contribution in [0.2, 0.25) is 0 Å². The van der Waals surface area contributed by atoms with E-state index in [1.165, 1.54) is 0 Å². The summed E-state index contributed by atoms with van der Waals surface area (Å²) in [6.45, 7) is 7.70. The van der Waals surface area contributed by atoms with E-state index in [9.17, 15) is 4.79 Å². The summed E-state index contributed by atoms with van der Waals surface area (Å²) in [7, 11) is 0. The molecular formula is C10H16O2. The molecule has 0 aliphatic carbocycles. The Hall–Kier alpha value is -0.810. The molecule has 0 N–H and O–H groups in total. The summed E-state index contributed by atoms with van der Waals surface area (Å²) in [5, 5.41) is 0. The number of rotatable bonds is 4. The summed E-state index contributed by atoms with van der Waals surface area (Å²) in [5.41, 5.74) is -0.682. The highest BCUT2D eigenvalue weighted by Gasteiger charge is 2.26. The van der Waals surface area contributed by atoms with E-state index >= 15 is 0 Å². The van der Waals surface area contributed by atoms with Gasteiger partial charge in [0.1, 0.15) is 5.60 Å². The number of ketones is 1. The smallest absolute Gasteiger partial charge is 0.175 e. The fourth-order valence-electron chi connectivity index (χ4n) is 0.823. The van der Waals surface area contributed by atoms with E-state index in [0.717, 1.165) is 0 Å². The van der Waals surface area contributed by atoms with E-state index in [1.54, 1.807) is 20.8 Å². The summed E-state index contributed by atoms with van der Waals surface area (Å²) in [4.78, 5) is 11.4. The molecule has 0 spiro atoms. The highest BCUT2D eigenvalue weighted by molar-refractivity contribution is 5.88. The molecule has 0 amide bonds. The third-order valence-electron chi connectivity index (χ3n) is 1.60. The number of hydrogen-bond donors (Lipinski definition) is 0. The Morgan fingerprint density at radius 2 is 2.08 bits per heavy atom. The highest BCUT2D eigenvalue weighted by atomic mass is 16.5. The van der Waals surface area contributed by atoms with E-state index in [0.29, 0.717) is 6.61 Å². The van der Waals surface area contributed by atoms with Gasteiger partial charge in [-0.1, -0.05) is 5.92 Å². The van der Waals surface area contributed by atoms with Crippen molar-refractivity contribution in [3.63, 3.8) is 0 Å². The van der Waals surface area contributed by atoms with Crippen LogP contribution in [0.4, 0.5) is 0 Å². The maximum Gasteiger partial charge on any atom is 0.175 e. The fraction of sp³-hybridized carbons (Fsp3) is 0.700. The summed E-state index contributed by atoms with van der Waals surface area (Å²) in [6.07, 6.45) is 0.281. The van der Waals surface area contributed by atoms with E-state index < -0.39 is 5.60 Å². The van der Waals surface area contributed by atoms with Crippen molar-refractivity contribution >= 4 is 5.78 Å². The monoisotopic (exact) mass is 168 g/mol. The summed E-state index contributed by atoms with van der Waals surface area (Å²) >= 11 is 0. The standard InChI is InChI=1S/C10H16O2/c1-5-7-8-9(11)10(3,4)12-6-2/h6,8H2,1-4H3. The van der Waals surface area contributed by atoms with Crippen molar-refractivity contribution in [2.75, 3.05) is 6.61 Å². The van der Waals surface area contributed by atoms with Crippen molar-refractivity contribution in [2.45, 2.75) is 39.7 Å². The van der Waals surface area contributed by atoms with Crippen LogP contribution in [0.3, 0.4) is 0 Å². The third-order valence-corrected chi connectivity index (χ3v) is 1.60. The van der Waals surface area contributed by atoms with Gasteiger partial charge in [0.25, 0.3) is 0 Å². The zero-order valence-corrected chi connectivity index (χ0v) is 8.23. The molecule has 0 rings (SSSR count). The number of hydrogen-bond acceptors (Lipinski definition) is 2. The van der Waals surface area contributed by atoms with Crippen LogP contribution in [0.15, 0.2) is 0 Å². The topological polar surface area (TPSA) is 26.3 Å². The first-order chi connectivity index (χ1) is 5.54. The predicted octanol–water partition coefficient (Wildman–Crippen LogP) is 1.78. The van der Waals surface area contributed by atoms with Gasteiger partial charge in [-0.2, -0.15) is 0 Å². The van der Waals surface area contributed by atoms with Gasteiger partial charge in [0.15, 0.2) is 5.78 Å². The Morgan fingerprint density at radius 1 is 1.50 bits per heavy atom. The Balaban J connectivity index is 4.11. The largest absolute Gasteiger partial charge is 0.368 e. The summed E-state index contributed by atoms with van der Waals surface area (Å²) in [5.74, 6) is 5.46. The molecule has 0 aliphatic rings. The zero-order chi connectivity index (χ0) is 9.61. The Bertz CT molecular complexity index is 206. The number of ether oxygens (including phenoxy) is 1. The summed E-state index contributed by atoms with van der Waals surface area (Å²) in [6, 6.07) is 0. The lowest BCUT2D eigenvalue weighted by molar-refractivity contribution is -0.138. The van der Waals surface area contributed by atoms with Crippen LogP contribution < -0.4 is 0 Å². The molecule has 0 aromatic heterocycles. The van der Waals surface area contributed by atoms with Crippen LogP contribution in [0.1, 0.15) is 34.1 Å². The Morgan fingerprint density at radius 3 is 2.50 bits per heavy atom. The molecule has 0 aliphatic heterocycles. The van der Waals surface area contributed by atoms with Crippen molar-refractivity contribution in [3.8, 4) is 11.8 Å². The first kappa shape index (κ1) is 11.2. The van der Waals surface area contributed by atoms with Crippen LogP contribution in [-0.4, -0.2) is 18.0 Å². The summed E-state index contributed by atoms with van der Waals surface area (Å²) < 4.78 is 5.27. The molecule has 12 heavy (non-hydrogen) atoms. The molecule has 0 radical (unpaired) electrons. The van der Waals surface area contributed by atoms with Crippen molar-refractivity contribution in [3.05, 3.63) is 0 Å². The second-order valence-corrected chi connectivity index (χ2v) is 2.97. The maximum atomic E-state index is 11.4. The van der Waals surface area contributed by atoms with Crippen molar-refractivity contribution < 1.29 is 9.53 Å². The van der Waals surface area contributed by atoms with Crippen LogP contribution in [0.25, 0.3) is 0 Å². The van der Waals surface area contributed by atoms with E-state index in [4.69, 9.17) is 4.74 Å². The van der Waals surface area contributed by atoms with Gasteiger partial charge < -0.3 is 4.74 Å². The molecule has 2 nitrogen and oxygen atoms in total. The quantitative estimate of drug-likeness (QED) is 0.598. The highest BCUT2D eigenvalue weighted by Crippen LogP contribution is 2.11. The van der Waals surface area contributed by atoms with E-state index in [1.807, 2.05) is 6.92 Å². The number of carbonyl (C=O) groups is 1. The zero-order valence-electron chi connectivity index (χ0n) is 8.23. The van der Waals surface area contributed by atoms with Gasteiger partial charge in [0, 0.05) is 6.61 Å². The molecule has 0 atom stereocenters.